The van der Waals surface area contributed by atoms with Crippen molar-refractivity contribution in [3.63, 3.8) is 0 Å². The lowest BCUT2D eigenvalue weighted by molar-refractivity contribution is -0.143. The Balaban J connectivity index is 2.28. The molecule has 0 fully saturated rings. The minimum absolute atomic E-state index is 0.159. The first kappa shape index (κ1) is 8.88. The maximum atomic E-state index is 11.6. The summed E-state index contributed by atoms with van der Waals surface area (Å²) in [5, 5.41) is 9.03. The fraction of sp³-hybridized carbons (Fsp3) is 0.333. The van der Waals surface area contributed by atoms with Crippen molar-refractivity contribution in [3.8, 4) is 17.6 Å². The molecule has 0 amide bonds. The zero-order valence-electron chi connectivity index (χ0n) is 11.1. The van der Waals surface area contributed by atoms with Crippen LogP contribution in [-0.4, -0.2) is 19.3 Å². The summed E-state index contributed by atoms with van der Waals surface area (Å²) in [6.45, 7) is -0.391. The van der Waals surface area contributed by atoms with E-state index in [1.807, 2.05) is 6.07 Å². The number of esters is 1. The Bertz CT molecular complexity index is 553. The summed E-state index contributed by atoms with van der Waals surface area (Å²) in [4.78, 5) is 11.6. The fourth-order valence-corrected chi connectivity index (χ4v) is 1.47. The van der Waals surface area contributed by atoms with Crippen LogP contribution in [0.15, 0.2) is 18.2 Å². The second kappa shape index (κ2) is 4.74. The third-order valence-corrected chi connectivity index (χ3v) is 2.26. The van der Waals surface area contributed by atoms with E-state index in [4.69, 9.17) is 22.2 Å². The van der Waals surface area contributed by atoms with Gasteiger partial charge in [0.05, 0.1) is 12.7 Å². The standard InChI is InChI=1S/C12H11NO4/c1-2-15-12(14)9(6-13)8-3-4-10-11(5-8)17-7-16-10/h3-5,9H,2,7H2,1H3/i7D2. The van der Waals surface area contributed by atoms with Crippen LogP contribution in [0.25, 0.3) is 0 Å². The lowest BCUT2D eigenvalue weighted by atomic mass is 10.0. The monoisotopic (exact) mass is 235 g/mol. The molecule has 1 aliphatic heterocycles. The molecule has 1 aromatic carbocycles. The van der Waals surface area contributed by atoms with Crippen LogP contribution >= 0.6 is 0 Å². The van der Waals surface area contributed by atoms with Crippen LogP contribution in [-0.2, 0) is 9.53 Å². The molecule has 0 saturated carbocycles. The van der Waals surface area contributed by atoms with Crippen molar-refractivity contribution in [2.24, 2.45) is 0 Å². The van der Waals surface area contributed by atoms with Gasteiger partial charge < -0.3 is 14.2 Å². The molecule has 0 spiro atoms. The predicted molar refractivity (Wildman–Crippen MR) is 57.6 cm³/mol. The number of ether oxygens (including phenoxy) is 3. The van der Waals surface area contributed by atoms with E-state index in [1.165, 1.54) is 18.2 Å². The molecule has 1 atom stereocenters. The largest absolute Gasteiger partial charge is 0.465 e. The lowest BCUT2D eigenvalue weighted by Crippen LogP contribution is -2.14. The Kier molecular flexibility index (Phi) is 2.48. The second-order valence-electron chi connectivity index (χ2n) is 3.31. The third-order valence-electron chi connectivity index (χ3n) is 2.26. The molecule has 0 bridgehead atoms. The average Bonchev–Trinajstić information content (AvgIpc) is 2.63. The molecular weight excluding hydrogens is 222 g/mol. The van der Waals surface area contributed by atoms with Crippen LogP contribution in [0.3, 0.4) is 0 Å². The quantitative estimate of drug-likeness (QED) is 0.744. The van der Waals surface area contributed by atoms with Crippen molar-refractivity contribution in [3.05, 3.63) is 23.8 Å². The number of nitriles is 1. The molecule has 0 radical (unpaired) electrons. The first-order chi connectivity index (χ1) is 8.96. The normalized spacial score (nSPS) is 18.6. The van der Waals surface area contributed by atoms with E-state index in [9.17, 15) is 4.79 Å². The molecule has 1 aromatic rings. The van der Waals surface area contributed by atoms with Gasteiger partial charge in [0.25, 0.3) is 0 Å². The highest BCUT2D eigenvalue weighted by atomic mass is 16.7. The van der Waals surface area contributed by atoms with Gasteiger partial charge in [-0.15, -0.1) is 0 Å². The Hall–Kier alpha value is -2.22. The van der Waals surface area contributed by atoms with Gasteiger partial charge in [0.2, 0.25) is 6.75 Å². The average molecular weight is 235 g/mol. The summed E-state index contributed by atoms with van der Waals surface area (Å²) < 4.78 is 29.2. The van der Waals surface area contributed by atoms with E-state index in [-0.39, 0.29) is 18.1 Å². The van der Waals surface area contributed by atoms with Crippen molar-refractivity contribution < 1.29 is 21.7 Å². The van der Waals surface area contributed by atoms with Crippen LogP contribution in [0.2, 0.25) is 0 Å². The zero-order valence-corrected chi connectivity index (χ0v) is 9.10. The Labute approximate surface area is 101 Å². The van der Waals surface area contributed by atoms with Gasteiger partial charge in [0, 0.05) is 0 Å². The SMILES string of the molecule is [2H]C1([2H])Oc2ccc(C(C#N)C(=O)OCC)cc2O1. The van der Waals surface area contributed by atoms with Crippen molar-refractivity contribution >= 4 is 5.97 Å². The van der Waals surface area contributed by atoms with Crippen molar-refractivity contribution in [1.29, 1.82) is 5.26 Å². The highest BCUT2D eigenvalue weighted by molar-refractivity contribution is 5.81. The summed E-state index contributed by atoms with van der Waals surface area (Å²) in [5.74, 6) is -1.33. The summed E-state index contributed by atoms with van der Waals surface area (Å²) in [6.07, 6.45) is 0. The van der Waals surface area contributed by atoms with E-state index in [2.05, 4.69) is 0 Å². The van der Waals surface area contributed by atoms with E-state index in [0.29, 0.717) is 5.56 Å². The molecular formula is C12H11NO4. The number of carbonyl (C=O) groups is 1. The number of hydrogen-bond donors (Lipinski definition) is 0. The minimum atomic E-state index is -2.23. The topological polar surface area (TPSA) is 68.5 Å². The number of nitrogens with zero attached hydrogens (tertiary/aromatic N) is 1. The van der Waals surface area contributed by atoms with Crippen LogP contribution in [0.1, 0.15) is 21.1 Å². The lowest BCUT2D eigenvalue weighted by Gasteiger charge is -2.08. The molecule has 88 valence electrons. The predicted octanol–water partition coefficient (Wildman–Crippen LogP) is 1.59. The molecule has 1 aliphatic rings. The van der Waals surface area contributed by atoms with Gasteiger partial charge in [0.1, 0.15) is 2.74 Å². The number of benzene rings is 1. The van der Waals surface area contributed by atoms with Crippen LogP contribution in [0.5, 0.6) is 11.5 Å². The molecule has 5 nitrogen and oxygen atoms in total. The molecule has 5 heteroatoms. The molecule has 2 rings (SSSR count). The van der Waals surface area contributed by atoms with Crippen molar-refractivity contribution in [2.45, 2.75) is 12.8 Å². The fourth-order valence-electron chi connectivity index (χ4n) is 1.47. The van der Waals surface area contributed by atoms with Crippen LogP contribution in [0.4, 0.5) is 0 Å². The first-order valence-corrected chi connectivity index (χ1v) is 5.05. The Morgan fingerprint density at radius 3 is 3.12 bits per heavy atom. The number of hydrogen-bond acceptors (Lipinski definition) is 5. The maximum absolute atomic E-state index is 11.6. The van der Waals surface area contributed by atoms with Gasteiger partial charge in [-0.1, -0.05) is 6.07 Å². The second-order valence-corrected chi connectivity index (χ2v) is 3.31. The maximum Gasteiger partial charge on any atom is 0.327 e. The van der Waals surface area contributed by atoms with E-state index in [0.717, 1.165) is 0 Å². The van der Waals surface area contributed by atoms with E-state index >= 15 is 0 Å². The smallest absolute Gasteiger partial charge is 0.327 e. The number of fused-ring (bicyclic) bond motifs is 1. The van der Waals surface area contributed by atoms with Crippen molar-refractivity contribution in [1.82, 2.24) is 0 Å². The first-order valence-electron chi connectivity index (χ1n) is 6.05. The van der Waals surface area contributed by atoms with Gasteiger partial charge in [-0.05, 0) is 24.6 Å². The number of rotatable bonds is 3. The van der Waals surface area contributed by atoms with Gasteiger partial charge in [-0.25, -0.2) is 0 Å². The van der Waals surface area contributed by atoms with E-state index in [1.54, 1.807) is 6.92 Å². The molecule has 0 aliphatic carbocycles. The molecule has 0 N–H and O–H groups in total. The summed E-state index contributed by atoms with van der Waals surface area (Å²) in [6, 6.07) is 6.22. The van der Waals surface area contributed by atoms with Crippen molar-refractivity contribution in [2.75, 3.05) is 13.4 Å². The van der Waals surface area contributed by atoms with Gasteiger partial charge in [-0.3, -0.25) is 4.79 Å². The van der Waals surface area contributed by atoms with Crippen LogP contribution < -0.4 is 9.47 Å². The zero-order chi connectivity index (χ0) is 14.0. The Morgan fingerprint density at radius 2 is 2.41 bits per heavy atom. The highest BCUT2D eigenvalue weighted by Gasteiger charge is 2.24. The molecule has 1 unspecified atom stereocenters. The van der Waals surface area contributed by atoms with Gasteiger partial charge in [0.15, 0.2) is 17.4 Å². The highest BCUT2D eigenvalue weighted by Crippen LogP contribution is 2.34. The molecule has 17 heavy (non-hydrogen) atoms. The molecule has 0 aromatic heterocycles. The summed E-state index contributed by atoms with van der Waals surface area (Å²) in [5.41, 5.74) is 0.376. The minimum Gasteiger partial charge on any atom is -0.465 e. The van der Waals surface area contributed by atoms with Gasteiger partial charge in [-0.2, -0.15) is 5.26 Å². The number of carbonyl (C=O) groups excluding carboxylic acids is 1. The van der Waals surface area contributed by atoms with Gasteiger partial charge >= 0.3 is 5.97 Å². The molecule has 0 saturated heterocycles. The van der Waals surface area contributed by atoms with E-state index < -0.39 is 18.6 Å². The Morgan fingerprint density at radius 1 is 1.65 bits per heavy atom. The van der Waals surface area contributed by atoms with Crippen LogP contribution in [0, 0.1) is 11.3 Å². The molecule has 1 heterocycles. The summed E-state index contributed by atoms with van der Waals surface area (Å²) >= 11 is 0. The summed E-state index contributed by atoms with van der Waals surface area (Å²) in [7, 11) is 0. The third kappa shape index (κ3) is 2.16.